The van der Waals surface area contributed by atoms with Crippen molar-refractivity contribution in [1.82, 2.24) is 9.97 Å². The predicted octanol–water partition coefficient (Wildman–Crippen LogP) is 3.14. The van der Waals surface area contributed by atoms with Crippen LogP contribution >= 0.6 is 11.3 Å². The summed E-state index contributed by atoms with van der Waals surface area (Å²) in [5.41, 5.74) is 0.982. The highest BCUT2D eigenvalue weighted by molar-refractivity contribution is 7.21. The Morgan fingerprint density at radius 2 is 2.04 bits per heavy atom. The molecule has 0 aliphatic carbocycles. The van der Waals surface area contributed by atoms with Crippen molar-refractivity contribution in [3.8, 4) is 0 Å². The van der Waals surface area contributed by atoms with Crippen molar-refractivity contribution in [2.75, 3.05) is 5.32 Å². The molecule has 23 heavy (non-hydrogen) atoms. The fraction of sp³-hybridized carbons (Fsp3) is 0.0667. The second-order valence-electron chi connectivity index (χ2n) is 4.54. The molecule has 0 radical (unpaired) electrons. The molecule has 0 aliphatic rings. The third kappa shape index (κ3) is 3.27. The highest BCUT2D eigenvalue weighted by Crippen LogP contribution is 2.34. The molecule has 0 aliphatic heterocycles. The zero-order chi connectivity index (χ0) is 16.2. The fourth-order valence-corrected chi connectivity index (χ4v) is 2.89. The van der Waals surface area contributed by atoms with Crippen molar-refractivity contribution in [3.05, 3.63) is 53.3 Å². The van der Waals surface area contributed by atoms with Crippen LogP contribution in [0.5, 0.6) is 0 Å². The monoisotopic (exact) mass is 329 g/mol. The summed E-state index contributed by atoms with van der Waals surface area (Å²) in [6, 6.07) is 9.18. The summed E-state index contributed by atoms with van der Waals surface area (Å²) in [5.74, 6) is -1.15. The molecule has 2 N–H and O–H groups in total. The average Bonchev–Trinajstić information content (AvgIpc) is 2.93. The third-order valence-electron chi connectivity index (χ3n) is 3.00. The molecule has 0 fully saturated rings. The Bertz CT molecular complexity index is 864. The van der Waals surface area contributed by atoms with Gasteiger partial charge in [0.05, 0.1) is 11.1 Å². The van der Waals surface area contributed by atoms with Crippen LogP contribution in [0.15, 0.2) is 42.9 Å². The van der Waals surface area contributed by atoms with E-state index in [2.05, 4.69) is 15.3 Å². The van der Waals surface area contributed by atoms with Crippen molar-refractivity contribution in [3.63, 3.8) is 0 Å². The number of fused-ring (bicyclic) bond motifs is 1. The third-order valence-corrected chi connectivity index (χ3v) is 4.11. The molecule has 3 rings (SSSR count). The molecule has 0 saturated heterocycles. The maximum absolute atomic E-state index is 11.9. The first-order valence-electron chi connectivity index (χ1n) is 6.58. The van der Waals surface area contributed by atoms with E-state index in [9.17, 15) is 14.7 Å². The number of carboxylic acid groups (broad SMARTS) is 1. The van der Waals surface area contributed by atoms with Gasteiger partial charge in [0.15, 0.2) is 0 Å². The van der Waals surface area contributed by atoms with Gasteiger partial charge in [0.2, 0.25) is 0 Å². The van der Waals surface area contributed by atoms with Gasteiger partial charge in [0, 0.05) is 6.20 Å². The van der Waals surface area contributed by atoms with E-state index in [4.69, 9.17) is 4.74 Å². The molecule has 0 bridgehead atoms. The first-order valence-corrected chi connectivity index (χ1v) is 7.40. The molecule has 0 unspecified atom stereocenters. The number of ether oxygens (including phenoxy) is 1. The van der Waals surface area contributed by atoms with Crippen LogP contribution in [-0.4, -0.2) is 27.1 Å². The lowest BCUT2D eigenvalue weighted by atomic mass is 10.2. The molecule has 3 aromatic rings. The van der Waals surface area contributed by atoms with Crippen LogP contribution in [0, 0.1) is 0 Å². The summed E-state index contributed by atoms with van der Waals surface area (Å²) in [4.78, 5) is 31.6. The Hall–Kier alpha value is -3.00. The van der Waals surface area contributed by atoms with Crippen LogP contribution in [0.3, 0.4) is 0 Å². The molecule has 2 aromatic heterocycles. The smallest absolute Gasteiger partial charge is 0.412 e. The predicted molar refractivity (Wildman–Crippen MR) is 84.6 cm³/mol. The van der Waals surface area contributed by atoms with Crippen molar-refractivity contribution in [2.45, 2.75) is 6.61 Å². The van der Waals surface area contributed by atoms with Crippen molar-refractivity contribution < 1.29 is 19.4 Å². The SMILES string of the molecule is O=C(Nc1c(C(=O)O)sc2ncncc12)OCc1ccccc1. The van der Waals surface area contributed by atoms with E-state index in [1.54, 1.807) is 0 Å². The van der Waals surface area contributed by atoms with E-state index in [0.29, 0.717) is 10.2 Å². The lowest BCUT2D eigenvalue weighted by molar-refractivity contribution is 0.0703. The van der Waals surface area contributed by atoms with E-state index in [1.807, 2.05) is 30.3 Å². The maximum atomic E-state index is 11.9. The number of anilines is 1. The summed E-state index contributed by atoms with van der Waals surface area (Å²) in [6.07, 6.45) is 2.04. The molecule has 0 saturated carbocycles. The van der Waals surface area contributed by atoms with Crippen LogP contribution in [0.25, 0.3) is 10.2 Å². The minimum absolute atomic E-state index is 0.0165. The molecule has 7 nitrogen and oxygen atoms in total. The van der Waals surface area contributed by atoms with Gasteiger partial charge in [-0.1, -0.05) is 30.3 Å². The van der Waals surface area contributed by atoms with Crippen molar-refractivity contribution >= 4 is 39.3 Å². The molecule has 2 heterocycles. The summed E-state index contributed by atoms with van der Waals surface area (Å²) < 4.78 is 5.11. The van der Waals surface area contributed by atoms with E-state index < -0.39 is 12.1 Å². The van der Waals surface area contributed by atoms with Gasteiger partial charge in [-0.05, 0) is 5.56 Å². The molecule has 1 amide bonds. The number of nitrogens with zero attached hydrogens (tertiary/aromatic N) is 2. The highest BCUT2D eigenvalue weighted by Gasteiger charge is 2.21. The number of nitrogens with one attached hydrogen (secondary N) is 1. The van der Waals surface area contributed by atoms with Crippen LogP contribution in [-0.2, 0) is 11.3 Å². The topological polar surface area (TPSA) is 101 Å². The zero-order valence-corrected chi connectivity index (χ0v) is 12.5. The van der Waals surface area contributed by atoms with Gasteiger partial charge in [0.1, 0.15) is 22.6 Å². The summed E-state index contributed by atoms with van der Waals surface area (Å²) >= 11 is 0.968. The van der Waals surface area contributed by atoms with E-state index in [0.717, 1.165) is 16.9 Å². The van der Waals surface area contributed by atoms with Crippen LogP contribution < -0.4 is 5.32 Å². The number of aromatic nitrogens is 2. The first kappa shape index (κ1) is 14.9. The number of carbonyl (C=O) groups excluding carboxylic acids is 1. The number of amides is 1. The standard InChI is InChI=1S/C15H11N3O4S/c19-14(20)12-11(10-6-16-8-17-13(10)23-12)18-15(21)22-7-9-4-2-1-3-5-9/h1-6,8H,7H2,(H,18,21)(H,19,20). The van der Waals surface area contributed by atoms with Gasteiger partial charge in [0.25, 0.3) is 0 Å². The number of hydrogen-bond acceptors (Lipinski definition) is 6. The average molecular weight is 329 g/mol. The van der Waals surface area contributed by atoms with E-state index in [1.165, 1.54) is 12.5 Å². The number of rotatable bonds is 4. The molecular weight excluding hydrogens is 318 g/mol. The summed E-state index contributed by atoms with van der Waals surface area (Å²) in [6.45, 7) is 0.0909. The van der Waals surface area contributed by atoms with Gasteiger partial charge in [-0.25, -0.2) is 19.6 Å². The fourth-order valence-electron chi connectivity index (χ4n) is 1.98. The van der Waals surface area contributed by atoms with E-state index in [-0.39, 0.29) is 17.2 Å². The molecule has 8 heteroatoms. The Morgan fingerprint density at radius 3 is 2.78 bits per heavy atom. The number of carbonyl (C=O) groups is 2. The number of hydrogen-bond donors (Lipinski definition) is 2. The van der Waals surface area contributed by atoms with Gasteiger partial charge < -0.3 is 9.84 Å². The van der Waals surface area contributed by atoms with Gasteiger partial charge in [-0.2, -0.15) is 0 Å². The Morgan fingerprint density at radius 1 is 1.26 bits per heavy atom. The Kier molecular flexibility index (Phi) is 4.15. The highest BCUT2D eigenvalue weighted by atomic mass is 32.1. The maximum Gasteiger partial charge on any atom is 0.412 e. The molecule has 116 valence electrons. The minimum atomic E-state index is -1.15. The second-order valence-corrected chi connectivity index (χ2v) is 5.54. The van der Waals surface area contributed by atoms with E-state index >= 15 is 0 Å². The first-order chi connectivity index (χ1) is 11.1. The summed E-state index contributed by atoms with van der Waals surface area (Å²) in [5, 5.41) is 12.2. The Balaban J connectivity index is 1.79. The lowest BCUT2D eigenvalue weighted by Gasteiger charge is -2.07. The van der Waals surface area contributed by atoms with Crippen molar-refractivity contribution in [2.24, 2.45) is 0 Å². The Labute approximate surface area is 134 Å². The minimum Gasteiger partial charge on any atom is -0.477 e. The van der Waals surface area contributed by atoms with Crippen LogP contribution in [0.1, 0.15) is 15.2 Å². The molecule has 0 atom stereocenters. The van der Waals surface area contributed by atoms with Crippen LogP contribution in [0.4, 0.5) is 10.5 Å². The number of benzene rings is 1. The molecular formula is C15H11N3O4S. The number of carboxylic acids is 1. The number of thiophene rings is 1. The lowest BCUT2D eigenvalue weighted by Crippen LogP contribution is -2.15. The molecule has 0 spiro atoms. The quantitative estimate of drug-likeness (QED) is 0.762. The second kappa shape index (κ2) is 6.41. The molecule has 1 aromatic carbocycles. The van der Waals surface area contributed by atoms with Gasteiger partial charge in [-0.15, -0.1) is 11.3 Å². The normalized spacial score (nSPS) is 10.4. The van der Waals surface area contributed by atoms with Gasteiger partial charge >= 0.3 is 12.1 Å². The number of aromatic carboxylic acids is 1. The largest absolute Gasteiger partial charge is 0.477 e. The zero-order valence-electron chi connectivity index (χ0n) is 11.7. The van der Waals surface area contributed by atoms with Gasteiger partial charge in [-0.3, -0.25) is 5.32 Å². The van der Waals surface area contributed by atoms with Crippen LogP contribution in [0.2, 0.25) is 0 Å². The van der Waals surface area contributed by atoms with Crippen molar-refractivity contribution in [1.29, 1.82) is 0 Å². The summed E-state index contributed by atoms with van der Waals surface area (Å²) in [7, 11) is 0.